The molecule has 2 N–H and O–H groups in total. The van der Waals surface area contributed by atoms with E-state index in [1.54, 1.807) is 4.90 Å². The third-order valence-electron chi connectivity index (χ3n) is 3.86. The molecular weight excluding hydrogens is 218 g/mol. The van der Waals surface area contributed by atoms with Gasteiger partial charge in [-0.2, -0.15) is 0 Å². The number of piperazine rings is 1. The summed E-state index contributed by atoms with van der Waals surface area (Å²) < 4.78 is 0. The quantitative estimate of drug-likeness (QED) is 0.656. The first kappa shape index (κ1) is 12.8. The maximum absolute atomic E-state index is 12.0. The third-order valence-corrected chi connectivity index (χ3v) is 3.86. The molecule has 2 fully saturated rings. The van der Waals surface area contributed by atoms with Crippen molar-refractivity contribution in [1.82, 2.24) is 15.1 Å². The molecule has 0 aromatic rings. The van der Waals surface area contributed by atoms with Crippen molar-refractivity contribution in [2.75, 3.05) is 52.9 Å². The van der Waals surface area contributed by atoms with Crippen LogP contribution in [0.1, 0.15) is 12.8 Å². The second-order valence-corrected chi connectivity index (χ2v) is 5.43. The molecule has 17 heavy (non-hydrogen) atoms. The minimum Gasteiger partial charge on any atom is -0.396 e. The van der Waals surface area contributed by atoms with Crippen LogP contribution in [0.15, 0.2) is 0 Å². The summed E-state index contributed by atoms with van der Waals surface area (Å²) in [7, 11) is 1.85. The van der Waals surface area contributed by atoms with E-state index >= 15 is 0 Å². The predicted octanol–water partition coefficient (Wildman–Crippen LogP) is -0.877. The van der Waals surface area contributed by atoms with Gasteiger partial charge < -0.3 is 15.3 Å². The Kier molecular flexibility index (Phi) is 4.01. The number of aliphatic hydroxyl groups is 1. The van der Waals surface area contributed by atoms with Crippen molar-refractivity contribution >= 4 is 5.91 Å². The fraction of sp³-hybridized carbons (Fsp3) is 0.917. The molecule has 2 aliphatic rings. The molecule has 0 spiro atoms. The van der Waals surface area contributed by atoms with Crippen molar-refractivity contribution in [2.24, 2.45) is 5.41 Å². The maximum Gasteiger partial charge on any atom is 0.236 e. The summed E-state index contributed by atoms with van der Waals surface area (Å²) in [5.74, 6) is 0.173. The van der Waals surface area contributed by atoms with Gasteiger partial charge in [0.15, 0.2) is 0 Å². The molecule has 5 nitrogen and oxygen atoms in total. The molecule has 1 saturated carbocycles. The van der Waals surface area contributed by atoms with Gasteiger partial charge in [-0.25, -0.2) is 0 Å². The van der Waals surface area contributed by atoms with Gasteiger partial charge >= 0.3 is 0 Å². The highest BCUT2D eigenvalue weighted by molar-refractivity contribution is 5.78. The van der Waals surface area contributed by atoms with Crippen LogP contribution in [-0.2, 0) is 4.79 Å². The van der Waals surface area contributed by atoms with Crippen LogP contribution in [0.3, 0.4) is 0 Å². The highest BCUT2D eigenvalue weighted by Crippen LogP contribution is 2.45. The molecule has 0 radical (unpaired) electrons. The summed E-state index contributed by atoms with van der Waals surface area (Å²) in [4.78, 5) is 16.0. The second-order valence-electron chi connectivity index (χ2n) is 5.43. The molecule has 1 heterocycles. The van der Waals surface area contributed by atoms with Crippen LogP contribution in [0.25, 0.3) is 0 Å². The molecule has 0 aromatic carbocycles. The summed E-state index contributed by atoms with van der Waals surface area (Å²) in [5, 5.41) is 12.5. The van der Waals surface area contributed by atoms with E-state index in [1.807, 2.05) is 7.05 Å². The summed E-state index contributed by atoms with van der Waals surface area (Å²) >= 11 is 0. The largest absolute Gasteiger partial charge is 0.396 e. The zero-order chi connectivity index (χ0) is 12.3. The average Bonchev–Trinajstić information content (AvgIpc) is 3.11. The molecule has 2 rings (SSSR count). The van der Waals surface area contributed by atoms with Gasteiger partial charge in [-0.05, 0) is 12.8 Å². The minimum atomic E-state index is 0.0217. The Morgan fingerprint density at radius 2 is 2.06 bits per heavy atom. The van der Waals surface area contributed by atoms with Crippen LogP contribution in [-0.4, -0.2) is 73.7 Å². The summed E-state index contributed by atoms with van der Waals surface area (Å²) in [6.45, 7) is 5.26. The van der Waals surface area contributed by atoms with Crippen LogP contribution < -0.4 is 5.32 Å². The van der Waals surface area contributed by atoms with Gasteiger partial charge in [0.2, 0.25) is 5.91 Å². The Bertz CT molecular complexity index is 273. The van der Waals surface area contributed by atoms with Gasteiger partial charge in [0, 0.05) is 45.2 Å². The van der Waals surface area contributed by atoms with E-state index in [4.69, 9.17) is 0 Å². The molecule has 1 aliphatic heterocycles. The standard InChI is InChI=1S/C12H23N3O2/c1-14(9-12(10-16)2-3-12)11(17)8-15-6-4-13-5-7-15/h13,16H,2-10H2,1H3. The summed E-state index contributed by atoms with van der Waals surface area (Å²) in [5.41, 5.74) is 0.0217. The predicted molar refractivity (Wildman–Crippen MR) is 65.7 cm³/mol. The first-order valence-corrected chi connectivity index (χ1v) is 6.43. The van der Waals surface area contributed by atoms with Crippen LogP contribution in [0, 0.1) is 5.41 Å². The monoisotopic (exact) mass is 241 g/mol. The number of hydrogen-bond acceptors (Lipinski definition) is 4. The number of likely N-dealkylation sites (N-methyl/N-ethyl adjacent to an activating group) is 1. The van der Waals surface area contributed by atoms with Crippen molar-refractivity contribution in [3.63, 3.8) is 0 Å². The lowest BCUT2D eigenvalue weighted by molar-refractivity contribution is -0.132. The van der Waals surface area contributed by atoms with Crippen LogP contribution in [0.5, 0.6) is 0 Å². The lowest BCUT2D eigenvalue weighted by atomic mass is 10.1. The Labute approximate surface area is 103 Å². The van der Waals surface area contributed by atoms with Gasteiger partial charge in [0.1, 0.15) is 0 Å². The number of nitrogens with one attached hydrogen (secondary N) is 1. The molecule has 1 saturated heterocycles. The topological polar surface area (TPSA) is 55.8 Å². The molecule has 0 unspecified atom stereocenters. The van der Waals surface area contributed by atoms with E-state index in [9.17, 15) is 9.90 Å². The summed E-state index contributed by atoms with van der Waals surface area (Å²) in [6.07, 6.45) is 2.10. The number of amides is 1. The van der Waals surface area contributed by atoms with Gasteiger partial charge in [-0.1, -0.05) is 0 Å². The zero-order valence-electron chi connectivity index (χ0n) is 10.6. The van der Waals surface area contributed by atoms with Crippen molar-refractivity contribution in [3.8, 4) is 0 Å². The molecule has 1 aliphatic carbocycles. The van der Waals surface area contributed by atoms with Crippen LogP contribution in [0.4, 0.5) is 0 Å². The number of rotatable bonds is 5. The number of aliphatic hydroxyl groups excluding tert-OH is 1. The van der Waals surface area contributed by atoms with Crippen molar-refractivity contribution < 1.29 is 9.90 Å². The molecule has 1 amide bonds. The van der Waals surface area contributed by atoms with E-state index < -0.39 is 0 Å². The molecule has 0 atom stereocenters. The molecule has 5 heteroatoms. The van der Waals surface area contributed by atoms with Crippen LogP contribution in [0.2, 0.25) is 0 Å². The van der Waals surface area contributed by atoms with Crippen LogP contribution >= 0.6 is 0 Å². The second kappa shape index (κ2) is 5.33. The Balaban J connectivity index is 1.74. The number of carbonyl (C=O) groups excluding carboxylic acids is 1. The fourth-order valence-electron chi connectivity index (χ4n) is 2.32. The van der Waals surface area contributed by atoms with Gasteiger partial charge in [-0.15, -0.1) is 0 Å². The molecule has 98 valence electrons. The van der Waals surface area contributed by atoms with Crippen molar-refractivity contribution in [3.05, 3.63) is 0 Å². The first-order valence-electron chi connectivity index (χ1n) is 6.43. The van der Waals surface area contributed by atoms with Gasteiger partial charge in [0.05, 0.1) is 13.2 Å². The normalized spacial score (nSPS) is 23.4. The number of carbonyl (C=O) groups is 1. The Hall–Kier alpha value is -0.650. The van der Waals surface area contributed by atoms with E-state index in [-0.39, 0.29) is 17.9 Å². The maximum atomic E-state index is 12.0. The highest BCUT2D eigenvalue weighted by Gasteiger charge is 2.43. The van der Waals surface area contributed by atoms with Crippen molar-refractivity contribution in [1.29, 1.82) is 0 Å². The van der Waals surface area contributed by atoms with E-state index in [0.29, 0.717) is 13.1 Å². The Morgan fingerprint density at radius 3 is 2.59 bits per heavy atom. The SMILES string of the molecule is CN(CC1(CO)CC1)C(=O)CN1CCNCC1. The minimum absolute atomic E-state index is 0.0217. The summed E-state index contributed by atoms with van der Waals surface area (Å²) in [6, 6.07) is 0. The third kappa shape index (κ3) is 3.40. The highest BCUT2D eigenvalue weighted by atomic mass is 16.3. The van der Waals surface area contributed by atoms with E-state index in [1.165, 1.54) is 0 Å². The number of hydrogen-bond donors (Lipinski definition) is 2. The number of nitrogens with zero attached hydrogens (tertiary/aromatic N) is 2. The average molecular weight is 241 g/mol. The Morgan fingerprint density at radius 1 is 1.41 bits per heavy atom. The molecule has 0 aromatic heterocycles. The molecule has 0 bridgehead atoms. The fourth-order valence-corrected chi connectivity index (χ4v) is 2.32. The van der Waals surface area contributed by atoms with E-state index in [0.717, 1.165) is 39.0 Å². The lowest BCUT2D eigenvalue weighted by Crippen LogP contribution is -2.48. The van der Waals surface area contributed by atoms with Crippen molar-refractivity contribution in [2.45, 2.75) is 12.8 Å². The lowest BCUT2D eigenvalue weighted by Gasteiger charge is -2.29. The van der Waals surface area contributed by atoms with Gasteiger partial charge in [-0.3, -0.25) is 9.69 Å². The first-order chi connectivity index (χ1) is 8.15. The smallest absolute Gasteiger partial charge is 0.236 e. The van der Waals surface area contributed by atoms with E-state index in [2.05, 4.69) is 10.2 Å². The molecular formula is C12H23N3O2. The zero-order valence-corrected chi connectivity index (χ0v) is 10.6. The van der Waals surface area contributed by atoms with Gasteiger partial charge in [0.25, 0.3) is 0 Å².